The standard InChI is InChI=1S/C17H15ClFN5OS/c1-10-3-6-15(11(2)7-10)24-17(21-22-23-24)26-9-16(25)20-12-4-5-14(19)13(18)8-12/h3-8H,9H2,1-2H3,(H,20,25). The van der Waals surface area contributed by atoms with Crippen molar-refractivity contribution in [3.63, 3.8) is 0 Å². The number of nitrogens with zero attached hydrogens (tertiary/aromatic N) is 4. The molecule has 0 aliphatic carbocycles. The SMILES string of the molecule is Cc1ccc(-n2nnnc2SCC(=O)Nc2ccc(F)c(Cl)c2)c(C)c1. The van der Waals surface area contributed by atoms with Crippen LogP contribution in [0.4, 0.5) is 10.1 Å². The number of nitrogens with one attached hydrogen (secondary N) is 1. The third kappa shape index (κ3) is 4.20. The Morgan fingerprint density at radius 1 is 1.27 bits per heavy atom. The minimum absolute atomic E-state index is 0.0470. The maximum absolute atomic E-state index is 13.2. The molecule has 0 atom stereocenters. The number of carbonyl (C=O) groups is 1. The summed E-state index contributed by atoms with van der Waals surface area (Å²) in [4.78, 5) is 12.1. The summed E-state index contributed by atoms with van der Waals surface area (Å²) in [5, 5.41) is 14.8. The van der Waals surface area contributed by atoms with Gasteiger partial charge in [-0.05, 0) is 54.1 Å². The van der Waals surface area contributed by atoms with Gasteiger partial charge in [-0.2, -0.15) is 4.68 Å². The second-order valence-electron chi connectivity index (χ2n) is 5.63. The Hall–Kier alpha value is -2.45. The van der Waals surface area contributed by atoms with Crippen molar-refractivity contribution in [3.8, 4) is 5.69 Å². The fourth-order valence-corrected chi connectivity index (χ4v) is 3.23. The van der Waals surface area contributed by atoms with E-state index in [2.05, 4.69) is 20.8 Å². The summed E-state index contributed by atoms with van der Waals surface area (Å²) in [7, 11) is 0. The molecule has 3 aromatic rings. The van der Waals surface area contributed by atoms with Crippen LogP contribution in [0.15, 0.2) is 41.6 Å². The van der Waals surface area contributed by atoms with Crippen LogP contribution < -0.4 is 5.32 Å². The lowest BCUT2D eigenvalue weighted by molar-refractivity contribution is -0.113. The Kier molecular flexibility index (Phi) is 5.53. The highest BCUT2D eigenvalue weighted by Crippen LogP contribution is 2.23. The minimum atomic E-state index is -0.535. The van der Waals surface area contributed by atoms with E-state index in [9.17, 15) is 9.18 Å². The number of carbonyl (C=O) groups excluding carboxylic acids is 1. The number of aromatic nitrogens is 4. The van der Waals surface area contributed by atoms with Gasteiger partial charge in [0.25, 0.3) is 0 Å². The fraction of sp³-hybridized carbons (Fsp3) is 0.176. The zero-order valence-corrected chi connectivity index (χ0v) is 15.6. The van der Waals surface area contributed by atoms with Gasteiger partial charge >= 0.3 is 0 Å². The Balaban J connectivity index is 1.68. The van der Waals surface area contributed by atoms with Gasteiger partial charge in [-0.25, -0.2) is 4.39 Å². The molecule has 134 valence electrons. The van der Waals surface area contributed by atoms with E-state index in [0.29, 0.717) is 10.8 Å². The van der Waals surface area contributed by atoms with Crippen molar-refractivity contribution in [1.82, 2.24) is 20.2 Å². The molecule has 0 bridgehead atoms. The van der Waals surface area contributed by atoms with Crippen LogP contribution >= 0.6 is 23.4 Å². The summed E-state index contributed by atoms with van der Waals surface area (Å²) in [6, 6.07) is 9.96. The van der Waals surface area contributed by atoms with E-state index in [1.54, 1.807) is 4.68 Å². The average Bonchev–Trinajstić information content (AvgIpc) is 3.05. The van der Waals surface area contributed by atoms with Crippen LogP contribution in [0.1, 0.15) is 11.1 Å². The molecule has 9 heteroatoms. The lowest BCUT2D eigenvalue weighted by Crippen LogP contribution is -2.14. The number of thioether (sulfide) groups is 1. The summed E-state index contributed by atoms with van der Waals surface area (Å²) >= 11 is 6.91. The Bertz CT molecular complexity index is 962. The van der Waals surface area contributed by atoms with Crippen LogP contribution in [0, 0.1) is 19.7 Å². The second-order valence-corrected chi connectivity index (χ2v) is 6.98. The van der Waals surface area contributed by atoms with Crippen molar-refractivity contribution in [3.05, 3.63) is 58.4 Å². The molecule has 0 aliphatic heterocycles. The van der Waals surface area contributed by atoms with Gasteiger partial charge in [0.05, 0.1) is 16.5 Å². The third-order valence-corrected chi connectivity index (χ3v) is 4.77. The van der Waals surface area contributed by atoms with Gasteiger partial charge in [-0.15, -0.1) is 5.10 Å². The molecular weight excluding hydrogens is 377 g/mol. The molecule has 0 spiro atoms. The van der Waals surface area contributed by atoms with E-state index in [-0.39, 0.29) is 16.7 Å². The van der Waals surface area contributed by atoms with Crippen LogP contribution in [-0.2, 0) is 4.79 Å². The molecule has 0 saturated heterocycles. The molecule has 2 aromatic carbocycles. The predicted molar refractivity (Wildman–Crippen MR) is 99.4 cm³/mol. The van der Waals surface area contributed by atoms with Crippen LogP contribution in [0.3, 0.4) is 0 Å². The van der Waals surface area contributed by atoms with Crippen LogP contribution in [0.5, 0.6) is 0 Å². The molecule has 6 nitrogen and oxygen atoms in total. The highest BCUT2D eigenvalue weighted by molar-refractivity contribution is 7.99. The topological polar surface area (TPSA) is 72.7 Å². The zero-order chi connectivity index (χ0) is 18.7. The molecule has 0 unspecified atom stereocenters. The number of halogens is 2. The smallest absolute Gasteiger partial charge is 0.234 e. The van der Waals surface area contributed by atoms with E-state index in [4.69, 9.17) is 11.6 Å². The number of amides is 1. The maximum Gasteiger partial charge on any atom is 0.234 e. The summed E-state index contributed by atoms with van der Waals surface area (Å²) in [5.74, 6) is -0.708. The van der Waals surface area contributed by atoms with E-state index in [0.717, 1.165) is 16.8 Å². The van der Waals surface area contributed by atoms with Crippen molar-refractivity contribution in [2.75, 3.05) is 11.1 Å². The monoisotopic (exact) mass is 391 g/mol. The van der Waals surface area contributed by atoms with Crippen molar-refractivity contribution >= 4 is 35.0 Å². The van der Waals surface area contributed by atoms with Crippen molar-refractivity contribution in [1.29, 1.82) is 0 Å². The van der Waals surface area contributed by atoms with Gasteiger partial charge in [0, 0.05) is 5.69 Å². The number of rotatable bonds is 5. The molecule has 1 N–H and O–H groups in total. The average molecular weight is 392 g/mol. The quantitative estimate of drug-likeness (QED) is 0.669. The zero-order valence-electron chi connectivity index (χ0n) is 14.0. The van der Waals surface area contributed by atoms with Crippen LogP contribution in [0.2, 0.25) is 5.02 Å². The molecule has 0 fully saturated rings. The van der Waals surface area contributed by atoms with E-state index in [1.165, 1.54) is 30.0 Å². The summed E-state index contributed by atoms with van der Waals surface area (Å²) in [6.07, 6.45) is 0. The van der Waals surface area contributed by atoms with Gasteiger partial charge in [-0.3, -0.25) is 4.79 Å². The summed E-state index contributed by atoms with van der Waals surface area (Å²) in [6.45, 7) is 3.99. The van der Waals surface area contributed by atoms with Crippen molar-refractivity contribution < 1.29 is 9.18 Å². The first kappa shape index (κ1) is 18.3. The molecule has 1 aromatic heterocycles. The summed E-state index contributed by atoms with van der Waals surface area (Å²) in [5.41, 5.74) is 3.46. The lowest BCUT2D eigenvalue weighted by Gasteiger charge is -2.09. The number of anilines is 1. The second kappa shape index (κ2) is 7.84. The van der Waals surface area contributed by atoms with Crippen LogP contribution in [0.25, 0.3) is 5.69 Å². The highest BCUT2D eigenvalue weighted by Gasteiger charge is 2.13. The van der Waals surface area contributed by atoms with Gasteiger partial charge < -0.3 is 5.32 Å². The Morgan fingerprint density at radius 3 is 2.81 bits per heavy atom. The van der Waals surface area contributed by atoms with E-state index in [1.807, 2.05) is 32.0 Å². The van der Waals surface area contributed by atoms with Gasteiger partial charge in [0.2, 0.25) is 11.1 Å². The molecule has 0 aliphatic rings. The number of aryl methyl sites for hydroxylation is 2. The van der Waals surface area contributed by atoms with Gasteiger partial charge in [-0.1, -0.05) is 41.1 Å². The molecule has 26 heavy (non-hydrogen) atoms. The Morgan fingerprint density at radius 2 is 2.08 bits per heavy atom. The third-order valence-electron chi connectivity index (χ3n) is 3.56. The normalized spacial score (nSPS) is 10.8. The molecule has 1 heterocycles. The highest BCUT2D eigenvalue weighted by atomic mass is 35.5. The predicted octanol–water partition coefficient (Wildman–Crippen LogP) is 3.80. The Labute approximate surface area is 158 Å². The number of hydrogen-bond donors (Lipinski definition) is 1. The van der Waals surface area contributed by atoms with E-state index < -0.39 is 5.82 Å². The van der Waals surface area contributed by atoms with Gasteiger partial charge in [0.1, 0.15) is 5.82 Å². The first-order chi connectivity index (χ1) is 12.4. The van der Waals surface area contributed by atoms with E-state index >= 15 is 0 Å². The maximum atomic E-state index is 13.2. The first-order valence-electron chi connectivity index (χ1n) is 7.68. The van der Waals surface area contributed by atoms with Crippen molar-refractivity contribution in [2.24, 2.45) is 0 Å². The number of benzene rings is 2. The van der Waals surface area contributed by atoms with Gasteiger partial charge in [0.15, 0.2) is 0 Å². The minimum Gasteiger partial charge on any atom is -0.325 e. The van der Waals surface area contributed by atoms with Crippen molar-refractivity contribution in [2.45, 2.75) is 19.0 Å². The summed E-state index contributed by atoms with van der Waals surface area (Å²) < 4.78 is 14.8. The molecular formula is C17H15ClFN5OS. The van der Waals surface area contributed by atoms with Crippen LogP contribution in [-0.4, -0.2) is 31.9 Å². The molecule has 3 rings (SSSR count). The molecule has 0 saturated carbocycles. The lowest BCUT2D eigenvalue weighted by atomic mass is 10.1. The molecule has 1 amide bonds. The fourth-order valence-electron chi connectivity index (χ4n) is 2.36. The molecule has 0 radical (unpaired) electrons. The number of hydrogen-bond acceptors (Lipinski definition) is 5. The number of tetrazole rings is 1. The first-order valence-corrected chi connectivity index (χ1v) is 9.04. The largest absolute Gasteiger partial charge is 0.325 e.